The van der Waals surface area contributed by atoms with Crippen LogP contribution in [0.4, 0.5) is 8.78 Å². The summed E-state index contributed by atoms with van der Waals surface area (Å²) in [5.41, 5.74) is -0.768. The molecule has 3 nitrogen and oxygen atoms in total. The summed E-state index contributed by atoms with van der Waals surface area (Å²) < 4.78 is 26.2. The van der Waals surface area contributed by atoms with Gasteiger partial charge in [0.25, 0.3) is 6.43 Å². The van der Waals surface area contributed by atoms with Gasteiger partial charge in [0.1, 0.15) is 22.5 Å². The quantitative estimate of drug-likeness (QED) is 0.805. The summed E-state index contributed by atoms with van der Waals surface area (Å²) in [6.45, 7) is 4.23. The summed E-state index contributed by atoms with van der Waals surface area (Å²) in [6.07, 6.45) is -2.77. The third kappa shape index (κ3) is 2.45. The summed E-state index contributed by atoms with van der Waals surface area (Å²) in [5.74, 6) is 0.222. The van der Waals surface area contributed by atoms with Crippen molar-refractivity contribution in [2.45, 2.75) is 26.8 Å². The lowest BCUT2D eigenvalue weighted by molar-refractivity contribution is 0.144. The van der Waals surface area contributed by atoms with E-state index >= 15 is 0 Å². The average Bonchev–Trinajstić information content (AvgIpc) is 2.43. The topological polar surface area (TPSA) is 41.6 Å². The summed E-state index contributed by atoms with van der Waals surface area (Å²) >= 11 is 5.76. The molecule has 0 spiro atoms. The normalized spacial score (nSPS) is 11.1. The molecule has 0 aliphatic heterocycles. The van der Waals surface area contributed by atoms with E-state index in [2.05, 4.69) is 5.10 Å². The first-order chi connectivity index (χ1) is 6.97. The number of nitriles is 1. The van der Waals surface area contributed by atoms with Crippen molar-refractivity contribution in [2.75, 3.05) is 0 Å². The van der Waals surface area contributed by atoms with Gasteiger partial charge in [-0.15, -0.1) is 0 Å². The summed E-state index contributed by atoms with van der Waals surface area (Å²) in [4.78, 5) is 0. The highest BCUT2D eigenvalue weighted by Crippen LogP contribution is 2.27. The van der Waals surface area contributed by atoms with Crippen LogP contribution in [0.2, 0.25) is 5.15 Å². The third-order valence-corrected chi connectivity index (χ3v) is 2.16. The summed E-state index contributed by atoms with van der Waals surface area (Å²) in [6, 6.07) is 1.64. The Morgan fingerprint density at radius 2 is 2.13 bits per heavy atom. The molecule has 6 heteroatoms. The van der Waals surface area contributed by atoms with Gasteiger partial charge < -0.3 is 0 Å². The van der Waals surface area contributed by atoms with Crippen molar-refractivity contribution in [1.29, 1.82) is 5.26 Å². The van der Waals surface area contributed by atoms with Crippen LogP contribution in [0, 0.1) is 17.2 Å². The van der Waals surface area contributed by atoms with Gasteiger partial charge in [0.05, 0.1) is 0 Å². The van der Waals surface area contributed by atoms with E-state index in [4.69, 9.17) is 16.9 Å². The average molecular weight is 234 g/mol. The van der Waals surface area contributed by atoms with Crippen LogP contribution in [0.1, 0.15) is 31.5 Å². The number of aromatic nitrogens is 2. The highest BCUT2D eigenvalue weighted by molar-refractivity contribution is 6.30. The Bertz CT molecular complexity index is 393. The maximum atomic E-state index is 12.5. The lowest BCUT2D eigenvalue weighted by Crippen LogP contribution is -2.06. The monoisotopic (exact) mass is 233 g/mol. The standard InChI is InChI=1S/C9H10ClF2N3/c1-5(2)4-15-8(10)6(3-13)7(14-15)9(11)12/h5,9H,4H2,1-2H3. The zero-order chi connectivity index (χ0) is 11.6. The van der Waals surface area contributed by atoms with Crippen molar-refractivity contribution in [3.63, 3.8) is 0 Å². The zero-order valence-corrected chi connectivity index (χ0v) is 9.09. The smallest absolute Gasteiger partial charge is 0.252 e. The number of halogens is 3. The lowest BCUT2D eigenvalue weighted by Gasteiger charge is -2.05. The molecule has 0 unspecified atom stereocenters. The molecule has 15 heavy (non-hydrogen) atoms. The van der Waals surface area contributed by atoms with E-state index in [1.807, 2.05) is 13.8 Å². The molecule has 82 valence electrons. The van der Waals surface area contributed by atoms with Crippen molar-refractivity contribution in [2.24, 2.45) is 5.92 Å². The molecule has 0 atom stereocenters. The van der Waals surface area contributed by atoms with Crippen molar-refractivity contribution in [3.8, 4) is 6.07 Å². The van der Waals surface area contributed by atoms with Crippen LogP contribution < -0.4 is 0 Å². The van der Waals surface area contributed by atoms with E-state index < -0.39 is 12.1 Å². The first-order valence-electron chi connectivity index (χ1n) is 4.41. The Morgan fingerprint density at radius 1 is 1.53 bits per heavy atom. The molecule has 1 aromatic rings. The summed E-state index contributed by atoms with van der Waals surface area (Å²) in [5, 5.41) is 12.3. The molecular weight excluding hydrogens is 224 g/mol. The van der Waals surface area contributed by atoms with E-state index in [1.165, 1.54) is 4.68 Å². The molecule has 1 rings (SSSR count). The third-order valence-electron chi connectivity index (χ3n) is 1.77. The second kappa shape index (κ2) is 4.58. The Morgan fingerprint density at radius 3 is 2.47 bits per heavy atom. The van der Waals surface area contributed by atoms with Gasteiger partial charge in [0.15, 0.2) is 0 Å². The number of alkyl halides is 2. The Balaban J connectivity index is 3.17. The minimum Gasteiger partial charge on any atom is -0.252 e. The lowest BCUT2D eigenvalue weighted by atomic mass is 10.2. The van der Waals surface area contributed by atoms with Crippen LogP contribution >= 0.6 is 11.6 Å². The van der Waals surface area contributed by atoms with Crippen LogP contribution in [0.25, 0.3) is 0 Å². The van der Waals surface area contributed by atoms with E-state index in [0.29, 0.717) is 6.54 Å². The van der Waals surface area contributed by atoms with Gasteiger partial charge in [-0.25, -0.2) is 8.78 Å². The molecule has 0 saturated heterocycles. The van der Waals surface area contributed by atoms with E-state index in [1.54, 1.807) is 6.07 Å². The molecular formula is C9H10ClF2N3. The van der Waals surface area contributed by atoms with Crippen LogP contribution in [-0.2, 0) is 6.54 Å². The maximum absolute atomic E-state index is 12.5. The highest BCUT2D eigenvalue weighted by atomic mass is 35.5. The molecule has 1 aromatic heterocycles. The second-order valence-electron chi connectivity index (χ2n) is 3.54. The van der Waals surface area contributed by atoms with Gasteiger partial charge in [-0.05, 0) is 5.92 Å². The SMILES string of the molecule is CC(C)Cn1nc(C(F)F)c(C#N)c1Cl. The van der Waals surface area contributed by atoms with Crippen LogP contribution in [0.3, 0.4) is 0 Å². The van der Waals surface area contributed by atoms with Gasteiger partial charge in [0.2, 0.25) is 0 Å². The van der Waals surface area contributed by atoms with Gasteiger partial charge in [-0.2, -0.15) is 10.4 Å². The van der Waals surface area contributed by atoms with Crippen molar-refractivity contribution >= 4 is 11.6 Å². The minimum absolute atomic E-state index is 0.0125. The molecule has 0 saturated carbocycles. The number of nitrogens with zero attached hydrogens (tertiary/aromatic N) is 3. The molecule has 0 bridgehead atoms. The minimum atomic E-state index is -2.77. The van der Waals surface area contributed by atoms with E-state index in [-0.39, 0.29) is 16.6 Å². The zero-order valence-electron chi connectivity index (χ0n) is 8.34. The first-order valence-corrected chi connectivity index (χ1v) is 4.79. The predicted octanol–water partition coefficient (Wildman–Crippen LogP) is 3.00. The molecule has 0 fully saturated rings. The molecule has 0 radical (unpaired) electrons. The predicted molar refractivity (Wildman–Crippen MR) is 51.7 cm³/mol. The number of hydrogen-bond donors (Lipinski definition) is 0. The number of rotatable bonds is 3. The van der Waals surface area contributed by atoms with E-state index in [0.717, 1.165) is 0 Å². The van der Waals surface area contributed by atoms with Crippen molar-refractivity contribution in [3.05, 3.63) is 16.4 Å². The maximum Gasteiger partial charge on any atom is 0.283 e. The van der Waals surface area contributed by atoms with Crippen LogP contribution in [-0.4, -0.2) is 9.78 Å². The first kappa shape index (κ1) is 11.9. The van der Waals surface area contributed by atoms with E-state index in [9.17, 15) is 8.78 Å². The molecule has 0 aliphatic rings. The van der Waals surface area contributed by atoms with Crippen molar-refractivity contribution in [1.82, 2.24) is 9.78 Å². The molecule has 0 aliphatic carbocycles. The molecule has 0 N–H and O–H groups in total. The second-order valence-corrected chi connectivity index (χ2v) is 3.90. The van der Waals surface area contributed by atoms with Gasteiger partial charge in [-0.3, -0.25) is 4.68 Å². The Labute approximate surface area is 91.3 Å². The van der Waals surface area contributed by atoms with Gasteiger partial charge in [0, 0.05) is 6.54 Å². The highest BCUT2D eigenvalue weighted by Gasteiger charge is 2.23. The fraction of sp³-hybridized carbons (Fsp3) is 0.556. The Kier molecular flexibility index (Phi) is 3.64. The fourth-order valence-electron chi connectivity index (χ4n) is 1.18. The fourth-order valence-corrected chi connectivity index (χ4v) is 1.43. The van der Waals surface area contributed by atoms with Crippen LogP contribution in [0.5, 0.6) is 0 Å². The molecule has 1 heterocycles. The molecule has 0 aromatic carbocycles. The van der Waals surface area contributed by atoms with Crippen LogP contribution in [0.15, 0.2) is 0 Å². The van der Waals surface area contributed by atoms with Gasteiger partial charge >= 0.3 is 0 Å². The van der Waals surface area contributed by atoms with Crippen molar-refractivity contribution < 1.29 is 8.78 Å². The Hall–Kier alpha value is -1.15. The largest absolute Gasteiger partial charge is 0.283 e. The number of hydrogen-bond acceptors (Lipinski definition) is 2. The summed E-state index contributed by atoms with van der Waals surface area (Å²) in [7, 11) is 0. The molecule has 0 amide bonds. The van der Waals surface area contributed by atoms with Gasteiger partial charge in [-0.1, -0.05) is 25.4 Å².